The van der Waals surface area contributed by atoms with Gasteiger partial charge in [0.05, 0.1) is 5.92 Å². The summed E-state index contributed by atoms with van der Waals surface area (Å²) in [5.41, 5.74) is 0. The van der Waals surface area contributed by atoms with Crippen LogP contribution in [0.15, 0.2) is 0 Å². The molecule has 0 saturated carbocycles. The van der Waals surface area contributed by atoms with Crippen molar-refractivity contribution in [2.75, 3.05) is 39.3 Å². The third-order valence-electron chi connectivity index (χ3n) is 4.04. The first kappa shape index (κ1) is 17.2. The number of hydrogen-bond acceptors (Lipinski definition) is 3. The van der Waals surface area contributed by atoms with Gasteiger partial charge in [-0.3, -0.25) is 9.59 Å². The lowest BCUT2D eigenvalue weighted by Gasteiger charge is -2.37. The van der Waals surface area contributed by atoms with Gasteiger partial charge in [0.2, 0.25) is 11.8 Å². The monoisotopic (exact) mass is 303 g/mol. The fourth-order valence-corrected chi connectivity index (χ4v) is 2.83. The van der Waals surface area contributed by atoms with E-state index in [1.165, 1.54) is 0 Å². The van der Waals surface area contributed by atoms with Gasteiger partial charge in [0, 0.05) is 38.6 Å². The van der Waals surface area contributed by atoms with Gasteiger partial charge in [-0.05, 0) is 19.4 Å². The highest BCUT2D eigenvalue weighted by molar-refractivity contribution is 5.85. The molecule has 0 radical (unpaired) electrons. The van der Waals surface area contributed by atoms with Crippen LogP contribution in [0.4, 0.5) is 0 Å². The van der Waals surface area contributed by atoms with Gasteiger partial charge in [-0.25, -0.2) is 0 Å². The zero-order valence-corrected chi connectivity index (χ0v) is 13.2. The van der Waals surface area contributed by atoms with Gasteiger partial charge in [-0.15, -0.1) is 12.4 Å². The smallest absolute Gasteiger partial charge is 0.227 e. The molecule has 0 unspecified atom stereocenters. The molecule has 2 aliphatic heterocycles. The molecule has 1 N–H and O–H groups in total. The molecular weight excluding hydrogens is 278 g/mol. The predicted octanol–water partition coefficient (Wildman–Crippen LogP) is 0.735. The van der Waals surface area contributed by atoms with Crippen molar-refractivity contribution in [3.8, 4) is 0 Å². The third-order valence-corrected chi connectivity index (χ3v) is 4.04. The average Bonchev–Trinajstić information content (AvgIpc) is 2.46. The van der Waals surface area contributed by atoms with Crippen molar-refractivity contribution in [2.24, 2.45) is 11.8 Å². The second-order valence-electron chi connectivity index (χ2n) is 5.85. The van der Waals surface area contributed by atoms with E-state index in [0.717, 1.165) is 25.9 Å². The topological polar surface area (TPSA) is 52.7 Å². The van der Waals surface area contributed by atoms with E-state index >= 15 is 0 Å². The predicted molar refractivity (Wildman–Crippen MR) is 80.8 cm³/mol. The second-order valence-corrected chi connectivity index (χ2v) is 5.85. The number of rotatable bonds is 2. The maximum atomic E-state index is 12.3. The summed E-state index contributed by atoms with van der Waals surface area (Å²) in [6.45, 7) is 8.43. The van der Waals surface area contributed by atoms with E-state index < -0.39 is 0 Å². The Kier molecular flexibility index (Phi) is 6.76. The molecule has 2 aliphatic rings. The van der Waals surface area contributed by atoms with Crippen molar-refractivity contribution in [1.82, 2.24) is 15.1 Å². The van der Waals surface area contributed by atoms with Crippen LogP contribution in [0, 0.1) is 11.8 Å². The summed E-state index contributed by atoms with van der Waals surface area (Å²) in [6, 6.07) is 0. The summed E-state index contributed by atoms with van der Waals surface area (Å²) < 4.78 is 0. The Morgan fingerprint density at radius 3 is 2.20 bits per heavy atom. The van der Waals surface area contributed by atoms with Crippen molar-refractivity contribution < 1.29 is 9.59 Å². The summed E-state index contributed by atoms with van der Waals surface area (Å²) in [5.74, 6) is 0.654. The number of piperazine rings is 1. The minimum Gasteiger partial charge on any atom is -0.339 e. The van der Waals surface area contributed by atoms with E-state index in [1.54, 1.807) is 0 Å². The highest BCUT2D eigenvalue weighted by Gasteiger charge is 2.29. The first-order chi connectivity index (χ1) is 9.09. The van der Waals surface area contributed by atoms with Gasteiger partial charge < -0.3 is 15.1 Å². The number of amides is 2. The van der Waals surface area contributed by atoms with Gasteiger partial charge in [0.1, 0.15) is 0 Å². The molecule has 2 rings (SSSR count). The van der Waals surface area contributed by atoms with Crippen molar-refractivity contribution >= 4 is 24.2 Å². The van der Waals surface area contributed by atoms with E-state index in [0.29, 0.717) is 26.2 Å². The second kappa shape index (κ2) is 7.84. The van der Waals surface area contributed by atoms with Gasteiger partial charge in [-0.1, -0.05) is 13.8 Å². The molecule has 0 aliphatic carbocycles. The van der Waals surface area contributed by atoms with E-state index in [2.05, 4.69) is 5.32 Å². The molecule has 2 fully saturated rings. The number of carbonyl (C=O) groups is 2. The minimum absolute atomic E-state index is 0. The fraction of sp³-hybridized carbons (Fsp3) is 0.857. The molecule has 1 atom stereocenters. The minimum atomic E-state index is 0. The molecule has 0 aromatic rings. The third kappa shape index (κ3) is 4.09. The largest absolute Gasteiger partial charge is 0.339 e. The van der Waals surface area contributed by atoms with Crippen molar-refractivity contribution in [3.63, 3.8) is 0 Å². The molecule has 5 nitrogen and oxygen atoms in total. The van der Waals surface area contributed by atoms with Crippen LogP contribution in [-0.4, -0.2) is 60.9 Å². The van der Waals surface area contributed by atoms with Gasteiger partial charge >= 0.3 is 0 Å². The fourth-order valence-electron chi connectivity index (χ4n) is 2.83. The van der Waals surface area contributed by atoms with Crippen molar-refractivity contribution in [3.05, 3.63) is 0 Å². The highest BCUT2D eigenvalue weighted by Crippen LogP contribution is 2.15. The molecule has 2 heterocycles. The Balaban J connectivity index is 0.00000200. The number of nitrogens with zero attached hydrogens (tertiary/aromatic N) is 2. The molecule has 2 amide bonds. The molecule has 2 saturated heterocycles. The van der Waals surface area contributed by atoms with E-state index in [9.17, 15) is 9.59 Å². The Morgan fingerprint density at radius 2 is 1.70 bits per heavy atom. The zero-order chi connectivity index (χ0) is 13.8. The molecule has 0 spiro atoms. The molecule has 0 bridgehead atoms. The van der Waals surface area contributed by atoms with E-state index in [4.69, 9.17) is 0 Å². The molecule has 0 aromatic carbocycles. The normalized spacial score (nSPS) is 23.4. The summed E-state index contributed by atoms with van der Waals surface area (Å²) >= 11 is 0. The lowest BCUT2D eigenvalue weighted by Crippen LogP contribution is -2.54. The van der Waals surface area contributed by atoms with Crippen molar-refractivity contribution in [1.29, 1.82) is 0 Å². The molecule has 116 valence electrons. The Morgan fingerprint density at radius 1 is 1.10 bits per heavy atom. The summed E-state index contributed by atoms with van der Waals surface area (Å²) in [5, 5.41) is 3.28. The Bertz CT molecular complexity index is 335. The maximum absolute atomic E-state index is 12.3. The number of halogens is 1. The number of hydrogen-bond donors (Lipinski definition) is 1. The number of piperidine rings is 1. The first-order valence-corrected chi connectivity index (χ1v) is 7.38. The quantitative estimate of drug-likeness (QED) is 0.818. The standard InChI is InChI=1S/C14H25N3O2.ClH/c1-11(2)13(18)16-6-8-17(9-7-16)14(19)12-4-3-5-15-10-12;/h11-12,15H,3-10H2,1-2H3;1H/t12-;/m1./s1. The van der Waals surface area contributed by atoms with Crippen LogP contribution in [0.2, 0.25) is 0 Å². The Hall–Kier alpha value is -0.810. The Labute approximate surface area is 127 Å². The SMILES string of the molecule is CC(C)C(=O)N1CCN(C(=O)[C@@H]2CCCNC2)CC1.Cl. The highest BCUT2D eigenvalue weighted by atomic mass is 35.5. The van der Waals surface area contributed by atoms with Crippen molar-refractivity contribution in [2.45, 2.75) is 26.7 Å². The summed E-state index contributed by atoms with van der Waals surface area (Å²) in [4.78, 5) is 28.0. The lowest BCUT2D eigenvalue weighted by molar-refractivity contribution is -0.143. The van der Waals surface area contributed by atoms with Crippen LogP contribution < -0.4 is 5.32 Å². The van der Waals surface area contributed by atoms with E-state index in [1.807, 2.05) is 23.6 Å². The van der Waals surface area contributed by atoms with Crippen LogP contribution >= 0.6 is 12.4 Å². The van der Waals surface area contributed by atoms with Crippen LogP contribution in [0.1, 0.15) is 26.7 Å². The van der Waals surface area contributed by atoms with Crippen LogP contribution in [0.3, 0.4) is 0 Å². The molecular formula is C14H26ClN3O2. The van der Waals surface area contributed by atoms with Crippen LogP contribution in [0.25, 0.3) is 0 Å². The number of carbonyl (C=O) groups excluding carboxylic acids is 2. The average molecular weight is 304 g/mol. The zero-order valence-electron chi connectivity index (χ0n) is 12.4. The van der Waals surface area contributed by atoms with Crippen LogP contribution in [0.5, 0.6) is 0 Å². The summed E-state index contributed by atoms with van der Waals surface area (Å²) in [6.07, 6.45) is 2.08. The van der Waals surface area contributed by atoms with Gasteiger partial charge in [0.25, 0.3) is 0 Å². The van der Waals surface area contributed by atoms with Crippen LogP contribution in [-0.2, 0) is 9.59 Å². The first-order valence-electron chi connectivity index (χ1n) is 7.38. The molecule has 20 heavy (non-hydrogen) atoms. The summed E-state index contributed by atoms with van der Waals surface area (Å²) in [7, 11) is 0. The number of nitrogens with one attached hydrogen (secondary N) is 1. The van der Waals surface area contributed by atoms with Gasteiger partial charge in [-0.2, -0.15) is 0 Å². The maximum Gasteiger partial charge on any atom is 0.227 e. The lowest BCUT2D eigenvalue weighted by atomic mass is 9.98. The van der Waals surface area contributed by atoms with E-state index in [-0.39, 0.29) is 36.1 Å². The molecule has 0 aromatic heterocycles. The molecule has 6 heteroatoms. The van der Waals surface area contributed by atoms with Gasteiger partial charge in [0.15, 0.2) is 0 Å².